The van der Waals surface area contributed by atoms with E-state index in [1.807, 2.05) is 4.90 Å². The van der Waals surface area contributed by atoms with E-state index in [1.54, 1.807) is 19.0 Å². The van der Waals surface area contributed by atoms with Crippen LogP contribution in [0.25, 0.3) is 0 Å². The van der Waals surface area contributed by atoms with Crippen molar-refractivity contribution in [3.05, 3.63) is 0 Å². The summed E-state index contributed by atoms with van der Waals surface area (Å²) in [6.45, 7) is 1.64. The van der Waals surface area contributed by atoms with Crippen molar-refractivity contribution in [1.82, 2.24) is 9.80 Å². The monoisotopic (exact) mass is 174 g/mol. The Balaban J connectivity index is 2.43. The summed E-state index contributed by atoms with van der Waals surface area (Å²) in [5, 5.41) is 0.374. The van der Waals surface area contributed by atoms with Crippen molar-refractivity contribution in [2.45, 2.75) is 11.7 Å². The number of carbonyl (C=O) groups is 1. The van der Waals surface area contributed by atoms with Crippen LogP contribution in [0.3, 0.4) is 0 Å². The van der Waals surface area contributed by atoms with E-state index in [9.17, 15) is 4.79 Å². The van der Waals surface area contributed by atoms with Crippen LogP contribution in [0.1, 0.15) is 6.42 Å². The molecule has 1 unspecified atom stereocenters. The average Bonchev–Trinajstić information content (AvgIpc) is 2.34. The zero-order valence-electron chi connectivity index (χ0n) is 6.95. The summed E-state index contributed by atoms with van der Waals surface area (Å²) < 4.78 is 0. The van der Waals surface area contributed by atoms with Gasteiger partial charge in [0.05, 0.1) is 0 Å². The number of likely N-dealkylation sites (tertiary alicyclic amines) is 1. The van der Waals surface area contributed by atoms with Gasteiger partial charge in [0.15, 0.2) is 0 Å². The van der Waals surface area contributed by atoms with E-state index in [-0.39, 0.29) is 6.03 Å². The quantitative estimate of drug-likeness (QED) is 0.536. The first-order valence-corrected chi connectivity index (χ1v) is 4.27. The summed E-state index contributed by atoms with van der Waals surface area (Å²) >= 11 is 4.30. The minimum Gasteiger partial charge on any atom is -0.331 e. The largest absolute Gasteiger partial charge is 0.331 e. The van der Waals surface area contributed by atoms with E-state index in [0.717, 1.165) is 19.5 Å². The van der Waals surface area contributed by atoms with Gasteiger partial charge in [-0.3, -0.25) is 0 Å². The standard InChI is InChI=1S/C7H14N2OS/c1-8(2)7(10)9-4-3-6(11)5-9/h6,11H,3-5H2,1-2H3. The van der Waals surface area contributed by atoms with E-state index in [4.69, 9.17) is 0 Å². The summed E-state index contributed by atoms with van der Waals surface area (Å²) in [5.74, 6) is 0. The molecule has 2 amide bonds. The molecule has 1 aliphatic rings. The molecule has 0 bridgehead atoms. The maximum absolute atomic E-state index is 11.3. The molecule has 4 heteroatoms. The van der Waals surface area contributed by atoms with Crippen molar-refractivity contribution in [3.63, 3.8) is 0 Å². The highest BCUT2D eigenvalue weighted by atomic mass is 32.1. The highest BCUT2D eigenvalue weighted by Crippen LogP contribution is 2.14. The Morgan fingerprint density at radius 1 is 1.64 bits per heavy atom. The number of amides is 2. The Hall–Kier alpha value is -0.380. The smallest absolute Gasteiger partial charge is 0.319 e. The highest BCUT2D eigenvalue weighted by molar-refractivity contribution is 7.81. The van der Waals surface area contributed by atoms with Gasteiger partial charge in [-0.25, -0.2) is 4.79 Å². The molecule has 1 fully saturated rings. The third-order valence-electron chi connectivity index (χ3n) is 1.82. The SMILES string of the molecule is CN(C)C(=O)N1CCC(S)C1. The van der Waals surface area contributed by atoms with E-state index in [0.29, 0.717) is 5.25 Å². The normalized spacial score (nSPS) is 23.9. The van der Waals surface area contributed by atoms with Crippen LogP contribution in [0, 0.1) is 0 Å². The fourth-order valence-corrected chi connectivity index (χ4v) is 1.51. The molecule has 0 aliphatic carbocycles. The molecule has 1 rings (SSSR count). The second-order valence-corrected chi connectivity index (χ2v) is 3.80. The van der Waals surface area contributed by atoms with Crippen LogP contribution in [-0.2, 0) is 0 Å². The maximum Gasteiger partial charge on any atom is 0.319 e. The lowest BCUT2D eigenvalue weighted by Gasteiger charge is -2.20. The van der Waals surface area contributed by atoms with Crippen LogP contribution in [-0.4, -0.2) is 48.3 Å². The van der Waals surface area contributed by atoms with Gasteiger partial charge >= 0.3 is 6.03 Å². The number of urea groups is 1. The Morgan fingerprint density at radius 3 is 2.64 bits per heavy atom. The van der Waals surface area contributed by atoms with Gasteiger partial charge in [0.25, 0.3) is 0 Å². The lowest BCUT2D eigenvalue weighted by molar-refractivity contribution is 0.182. The molecule has 0 N–H and O–H groups in total. The topological polar surface area (TPSA) is 23.6 Å². The molecule has 0 radical (unpaired) electrons. The van der Waals surface area contributed by atoms with Crippen LogP contribution in [0.2, 0.25) is 0 Å². The van der Waals surface area contributed by atoms with Gasteiger partial charge in [0.1, 0.15) is 0 Å². The molecule has 0 aromatic heterocycles. The second-order valence-electron chi connectivity index (χ2n) is 3.07. The molecule has 1 heterocycles. The molecule has 3 nitrogen and oxygen atoms in total. The molecule has 1 saturated heterocycles. The van der Waals surface area contributed by atoms with Crippen molar-refractivity contribution in [2.75, 3.05) is 27.2 Å². The van der Waals surface area contributed by atoms with Crippen LogP contribution in [0.4, 0.5) is 4.79 Å². The number of thiol groups is 1. The summed E-state index contributed by atoms with van der Waals surface area (Å²) in [7, 11) is 3.54. The fourth-order valence-electron chi connectivity index (χ4n) is 1.20. The van der Waals surface area contributed by atoms with Crippen LogP contribution < -0.4 is 0 Å². The molecule has 0 saturated carbocycles. The van der Waals surface area contributed by atoms with Gasteiger partial charge in [-0.1, -0.05) is 0 Å². The molecular weight excluding hydrogens is 160 g/mol. The lowest BCUT2D eigenvalue weighted by Crippen LogP contribution is -2.37. The zero-order valence-corrected chi connectivity index (χ0v) is 7.84. The first-order valence-electron chi connectivity index (χ1n) is 3.75. The Labute approximate surface area is 72.8 Å². The number of hydrogen-bond acceptors (Lipinski definition) is 2. The average molecular weight is 174 g/mol. The maximum atomic E-state index is 11.3. The summed E-state index contributed by atoms with van der Waals surface area (Å²) in [6.07, 6.45) is 1.02. The van der Waals surface area contributed by atoms with Crippen LogP contribution in [0.5, 0.6) is 0 Å². The molecule has 0 aromatic carbocycles. The Bertz CT molecular complexity index is 161. The molecule has 1 atom stereocenters. The third kappa shape index (κ3) is 2.02. The van der Waals surface area contributed by atoms with Gasteiger partial charge in [-0.05, 0) is 6.42 Å². The summed E-state index contributed by atoms with van der Waals surface area (Å²) in [4.78, 5) is 14.7. The molecule has 1 aliphatic heterocycles. The van der Waals surface area contributed by atoms with Crippen molar-refractivity contribution in [3.8, 4) is 0 Å². The molecule has 0 spiro atoms. The van der Waals surface area contributed by atoms with Gasteiger partial charge in [-0.2, -0.15) is 12.6 Å². The lowest BCUT2D eigenvalue weighted by atomic mass is 10.4. The van der Waals surface area contributed by atoms with Crippen molar-refractivity contribution < 1.29 is 4.79 Å². The predicted molar refractivity (Wildman–Crippen MR) is 48.0 cm³/mol. The number of hydrogen-bond donors (Lipinski definition) is 1. The number of carbonyl (C=O) groups excluding carboxylic acids is 1. The first kappa shape index (κ1) is 8.71. The van der Waals surface area contributed by atoms with Gasteiger partial charge in [0.2, 0.25) is 0 Å². The summed E-state index contributed by atoms with van der Waals surface area (Å²) in [6, 6.07) is 0.0987. The van der Waals surface area contributed by atoms with E-state index in [1.165, 1.54) is 0 Å². The van der Waals surface area contributed by atoms with E-state index < -0.39 is 0 Å². The fraction of sp³-hybridized carbons (Fsp3) is 0.857. The highest BCUT2D eigenvalue weighted by Gasteiger charge is 2.24. The molecule has 0 aromatic rings. The Kier molecular flexibility index (Phi) is 2.65. The van der Waals surface area contributed by atoms with Gasteiger partial charge < -0.3 is 9.80 Å². The van der Waals surface area contributed by atoms with E-state index in [2.05, 4.69) is 12.6 Å². The molecule has 11 heavy (non-hydrogen) atoms. The predicted octanol–water partition coefficient (Wildman–Crippen LogP) is 0.672. The molecule has 64 valence electrons. The molecular formula is C7H14N2OS. The number of nitrogens with zero attached hydrogens (tertiary/aromatic N) is 2. The minimum atomic E-state index is 0.0987. The van der Waals surface area contributed by atoms with Crippen LogP contribution in [0.15, 0.2) is 0 Å². The van der Waals surface area contributed by atoms with Gasteiger partial charge in [-0.15, -0.1) is 0 Å². The Morgan fingerprint density at radius 2 is 2.27 bits per heavy atom. The van der Waals surface area contributed by atoms with Gasteiger partial charge in [0, 0.05) is 32.4 Å². The third-order valence-corrected chi connectivity index (χ3v) is 2.24. The summed E-state index contributed by atoms with van der Waals surface area (Å²) in [5.41, 5.74) is 0. The van der Waals surface area contributed by atoms with E-state index >= 15 is 0 Å². The van der Waals surface area contributed by atoms with Crippen molar-refractivity contribution >= 4 is 18.7 Å². The minimum absolute atomic E-state index is 0.0987. The zero-order chi connectivity index (χ0) is 8.43. The van der Waals surface area contributed by atoms with Crippen LogP contribution >= 0.6 is 12.6 Å². The number of rotatable bonds is 0. The first-order chi connectivity index (χ1) is 5.11. The van der Waals surface area contributed by atoms with Crippen molar-refractivity contribution in [1.29, 1.82) is 0 Å². The second kappa shape index (κ2) is 3.34. The van der Waals surface area contributed by atoms with Crippen molar-refractivity contribution in [2.24, 2.45) is 0 Å².